The molecule has 0 aliphatic heterocycles. The molecular formula is C10H20N2O5. The molecule has 4 N–H and O–H groups in total. The van der Waals surface area contributed by atoms with E-state index < -0.39 is 17.9 Å². The summed E-state index contributed by atoms with van der Waals surface area (Å²) in [5.74, 6) is -1.50. The first kappa shape index (κ1) is 15.8. The van der Waals surface area contributed by atoms with Gasteiger partial charge in [-0.2, -0.15) is 0 Å². The van der Waals surface area contributed by atoms with Gasteiger partial charge in [-0.3, -0.25) is 4.79 Å². The molecule has 0 aromatic rings. The van der Waals surface area contributed by atoms with E-state index in [1.165, 1.54) is 14.0 Å². The number of carbonyl (C=O) groups is 2. The second kappa shape index (κ2) is 8.91. The van der Waals surface area contributed by atoms with E-state index in [2.05, 4.69) is 10.6 Å². The van der Waals surface area contributed by atoms with E-state index >= 15 is 0 Å². The lowest BCUT2D eigenvalue weighted by Gasteiger charge is -2.20. The average Bonchev–Trinajstić information content (AvgIpc) is 2.23. The molecule has 0 saturated carbocycles. The summed E-state index contributed by atoms with van der Waals surface area (Å²) in [5, 5.41) is 22.9. The predicted octanol–water partition coefficient (Wildman–Crippen LogP) is -1.44. The van der Waals surface area contributed by atoms with Gasteiger partial charge < -0.3 is 25.6 Å². The predicted molar refractivity (Wildman–Crippen MR) is 60.6 cm³/mol. The molecular weight excluding hydrogens is 228 g/mol. The highest BCUT2D eigenvalue weighted by Crippen LogP contribution is 1.93. The SMILES string of the molecule is COCC(CCO)NCC(NC(C)=O)C(=O)O. The van der Waals surface area contributed by atoms with Crippen molar-refractivity contribution in [3.05, 3.63) is 0 Å². The van der Waals surface area contributed by atoms with Crippen LogP contribution < -0.4 is 10.6 Å². The van der Waals surface area contributed by atoms with Crippen LogP contribution in [-0.4, -0.2) is 61.0 Å². The van der Waals surface area contributed by atoms with Gasteiger partial charge in [0.25, 0.3) is 0 Å². The molecule has 0 aliphatic rings. The van der Waals surface area contributed by atoms with Gasteiger partial charge in [-0.25, -0.2) is 4.79 Å². The van der Waals surface area contributed by atoms with Gasteiger partial charge in [0.2, 0.25) is 5.91 Å². The van der Waals surface area contributed by atoms with E-state index in [1.807, 2.05) is 0 Å². The maximum Gasteiger partial charge on any atom is 0.327 e. The van der Waals surface area contributed by atoms with E-state index in [1.54, 1.807) is 0 Å². The lowest BCUT2D eigenvalue weighted by Crippen LogP contribution is -2.49. The molecule has 0 heterocycles. The maximum absolute atomic E-state index is 10.8. The number of carboxylic acids is 1. The number of aliphatic hydroxyl groups excluding tert-OH is 1. The summed E-state index contributed by atoms with van der Waals surface area (Å²) in [4.78, 5) is 21.6. The van der Waals surface area contributed by atoms with E-state index in [0.29, 0.717) is 13.0 Å². The number of aliphatic hydroxyl groups is 1. The molecule has 2 unspecified atom stereocenters. The quantitative estimate of drug-likeness (QED) is 0.398. The third-order valence-corrected chi connectivity index (χ3v) is 2.13. The number of methoxy groups -OCH3 is 1. The van der Waals surface area contributed by atoms with E-state index in [4.69, 9.17) is 14.9 Å². The second-order valence-corrected chi connectivity index (χ2v) is 3.66. The van der Waals surface area contributed by atoms with E-state index in [9.17, 15) is 9.59 Å². The van der Waals surface area contributed by atoms with Crippen molar-refractivity contribution >= 4 is 11.9 Å². The zero-order valence-corrected chi connectivity index (χ0v) is 10.1. The molecule has 7 heteroatoms. The topological polar surface area (TPSA) is 108 Å². The molecule has 100 valence electrons. The Kier molecular flexibility index (Phi) is 8.29. The van der Waals surface area contributed by atoms with Crippen molar-refractivity contribution in [2.24, 2.45) is 0 Å². The summed E-state index contributed by atoms with van der Waals surface area (Å²) >= 11 is 0. The van der Waals surface area contributed by atoms with E-state index in [0.717, 1.165) is 0 Å². The fourth-order valence-electron chi connectivity index (χ4n) is 1.33. The number of hydrogen-bond acceptors (Lipinski definition) is 5. The number of carbonyl (C=O) groups excluding carboxylic acids is 1. The van der Waals surface area contributed by atoms with Crippen molar-refractivity contribution in [2.45, 2.75) is 25.4 Å². The lowest BCUT2D eigenvalue weighted by molar-refractivity contribution is -0.141. The highest BCUT2D eigenvalue weighted by atomic mass is 16.5. The van der Waals surface area contributed by atoms with Gasteiger partial charge >= 0.3 is 5.97 Å². The van der Waals surface area contributed by atoms with Crippen LogP contribution >= 0.6 is 0 Å². The van der Waals surface area contributed by atoms with Crippen LogP contribution in [0, 0.1) is 0 Å². The third kappa shape index (κ3) is 7.67. The van der Waals surface area contributed by atoms with Crippen molar-refractivity contribution in [3.8, 4) is 0 Å². The Balaban J connectivity index is 4.15. The van der Waals surface area contributed by atoms with Gasteiger partial charge in [0.05, 0.1) is 6.61 Å². The Hall–Kier alpha value is -1.18. The fourth-order valence-corrected chi connectivity index (χ4v) is 1.33. The van der Waals surface area contributed by atoms with Gasteiger partial charge in [0.1, 0.15) is 6.04 Å². The summed E-state index contributed by atoms with van der Waals surface area (Å²) in [5.41, 5.74) is 0. The minimum atomic E-state index is -1.10. The minimum absolute atomic E-state index is 0.0150. The average molecular weight is 248 g/mol. The number of hydrogen-bond donors (Lipinski definition) is 4. The van der Waals surface area contributed by atoms with Crippen LogP contribution in [-0.2, 0) is 14.3 Å². The molecule has 1 amide bonds. The summed E-state index contributed by atoms with van der Waals surface area (Å²) in [6.45, 7) is 1.70. The van der Waals surface area contributed by atoms with Crippen LogP contribution in [0.5, 0.6) is 0 Å². The summed E-state index contributed by atoms with van der Waals surface area (Å²) in [6.07, 6.45) is 0.459. The minimum Gasteiger partial charge on any atom is -0.480 e. The Morgan fingerprint density at radius 1 is 1.41 bits per heavy atom. The molecule has 0 bridgehead atoms. The van der Waals surface area contributed by atoms with Gasteiger partial charge in [-0.1, -0.05) is 0 Å². The van der Waals surface area contributed by atoms with Crippen molar-refractivity contribution in [3.63, 3.8) is 0 Å². The maximum atomic E-state index is 10.8. The Bertz CT molecular complexity index is 241. The van der Waals surface area contributed by atoms with Crippen LogP contribution in [0.15, 0.2) is 0 Å². The van der Waals surface area contributed by atoms with Gasteiger partial charge in [-0.15, -0.1) is 0 Å². The lowest BCUT2D eigenvalue weighted by atomic mass is 10.2. The van der Waals surface area contributed by atoms with Crippen LogP contribution in [0.1, 0.15) is 13.3 Å². The van der Waals surface area contributed by atoms with Crippen LogP contribution in [0.3, 0.4) is 0 Å². The first-order valence-corrected chi connectivity index (χ1v) is 5.34. The largest absolute Gasteiger partial charge is 0.480 e. The molecule has 2 atom stereocenters. The number of ether oxygens (including phenoxy) is 1. The smallest absolute Gasteiger partial charge is 0.327 e. The van der Waals surface area contributed by atoms with Gasteiger partial charge in [-0.05, 0) is 6.42 Å². The third-order valence-electron chi connectivity index (χ3n) is 2.13. The number of carboxylic acid groups (broad SMARTS) is 1. The molecule has 17 heavy (non-hydrogen) atoms. The first-order chi connectivity index (χ1) is 8.01. The molecule has 0 aliphatic carbocycles. The van der Waals surface area contributed by atoms with E-state index in [-0.39, 0.29) is 19.2 Å². The first-order valence-electron chi connectivity index (χ1n) is 5.34. The summed E-state index contributed by atoms with van der Waals surface area (Å²) in [7, 11) is 1.52. The molecule has 0 aromatic carbocycles. The highest BCUT2D eigenvalue weighted by molar-refractivity contribution is 5.82. The molecule has 0 spiro atoms. The normalized spacial score (nSPS) is 14.1. The monoisotopic (exact) mass is 248 g/mol. The molecule has 0 rings (SSSR count). The van der Waals surface area contributed by atoms with Crippen molar-refractivity contribution in [1.29, 1.82) is 0 Å². The fraction of sp³-hybridized carbons (Fsp3) is 0.800. The van der Waals surface area contributed by atoms with Crippen LogP contribution in [0.2, 0.25) is 0 Å². The standard InChI is InChI=1S/C10H20N2O5/c1-7(14)12-9(10(15)16)5-11-8(3-4-13)6-17-2/h8-9,11,13H,3-6H2,1-2H3,(H,12,14)(H,15,16). The highest BCUT2D eigenvalue weighted by Gasteiger charge is 2.19. The van der Waals surface area contributed by atoms with Gasteiger partial charge in [0, 0.05) is 33.2 Å². The van der Waals surface area contributed by atoms with Crippen molar-refractivity contribution < 1.29 is 24.5 Å². The Labute approximate surface area is 100 Å². The Morgan fingerprint density at radius 3 is 2.47 bits per heavy atom. The molecule has 0 radical (unpaired) electrons. The molecule has 7 nitrogen and oxygen atoms in total. The van der Waals surface area contributed by atoms with Crippen molar-refractivity contribution in [1.82, 2.24) is 10.6 Å². The molecule has 0 saturated heterocycles. The zero-order valence-electron chi connectivity index (χ0n) is 10.1. The number of nitrogens with one attached hydrogen (secondary N) is 2. The molecule has 0 aromatic heterocycles. The summed E-state index contributed by atoms with van der Waals surface area (Å²) in [6, 6.07) is -1.12. The summed E-state index contributed by atoms with van der Waals surface area (Å²) < 4.78 is 4.92. The van der Waals surface area contributed by atoms with Crippen molar-refractivity contribution in [2.75, 3.05) is 26.9 Å². The number of aliphatic carboxylic acids is 1. The second-order valence-electron chi connectivity index (χ2n) is 3.66. The van der Waals surface area contributed by atoms with Crippen LogP contribution in [0.25, 0.3) is 0 Å². The van der Waals surface area contributed by atoms with Gasteiger partial charge in [0.15, 0.2) is 0 Å². The Morgan fingerprint density at radius 2 is 2.06 bits per heavy atom. The van der Waals surface area contributed by atoms with Crippen LogP contribution in [0.4, 0.5) is 0 Å². The zero-order chi connectivity index (χ0) is 13.3. The number of amides is 1. The number of rotatable bonds is 9. The molecule has 0 fully saturated rings.